The molecule has 5 nitrogen and oxygen atoms in total. The quantitative estimate of drug-likeness (QED) is 0.832. The highest BCUT2D eigenvalue weighted by Crippen LogP contribution is 2.24. The van der Waals surface area contributed by atoms with E-state index in [0.717, 1.165) is 0 Å². The number of aliphatic carboxylic acids is 1. The van der Waals surface area contributed by atoms with Gasteiger partial charge in [0.25, 0.3) is 5.91 Å². The van der Waals surface area contributed by atoms with E-state index in [9.17, 15) is 9.59 Å². The number of rotatable bonds is 5. The van der Waals surface area contributed by atoms with Crippen LogP contribution in [0.2, 0.25) is 0 Å². The summed E-state index contributed by atoms with van der Waals surface area (Å²) in [5.41, 5.74) is 0.459. The number of carbonyl (C=O) groups is 2. The van der Waals surface area contributed by atoms with E-state index >= 15 is 0 Å². The summed E-state index contributed by atoms with van der Waals surface area (Å²) in [6.07, 6.45) is 2.11. The molecule has 1 fully saturated rings. The van der Waals surface area contributed by atoms with Crippen LogP contribution in [0, 0.1) is 5.92 Å². The van der Waals surface area contributed by atoms with Crippen LogP contribution in [0.3, 0.4) is 0 Å². The van der Waals surface area contributed by atoms with Crippen molar-refractivity contribution in [3.05, 3.63) is 42.5 Å². The van der Waals surface area contributed by atoms with Crippen molar-refractivity contribution < 1.29 is 19.4 Å². The van der Waals surface area contributed by atoms with Crippen LogP contribution in [0.25, 0.3) is 0 Å². The second-order valence-electron chi connectivity index (χ2n) is 4.67. The van der Waals surface area contributed by atoms with Crippen molar-refractivity contribution in [2.45, 2.75) is 6.42 Å². The number of para-hydroxylation sites is 1. The van der Waals surface area contributed by atoms with Crippen molar-refractivity contribution >= 4 is 11.9 Å². The second-order valence-corrected chi connectivity index (χ2v) is 4.67. The molecule has 1 unspecified atom stereocenters. The van der Waals surface area contributed by atoms with Gasteiger partial charge >= 0.3 is 5.97 Å². The number of carboxylic acid groups (broad SMARTS) is 1. The fraction of sp³-hybridized carbons (Fsp3) is 0.333. The molecule has 1 aliphatic rings. The summed E-state index contributed by atoms with van der Waals surface area (Å²) >= 11 is 0. The monoisotopic (exact) mass is 275 g/mol. The number of likely N-dealkylation sites (tertiary alicyclic amines) is 1. The van der Waals surface area contributed by atoms with Crippen molar-refractivity contribution in [1.29, 1.82) is 0 Å². The van der Waals surface area contributed by atoms with Gasteiger partial charge in [0.2, 0.25) is 0 Å². The van der Waals surface area contributed by atoms with Crippen LogP contribution in [0.4, 0.5) is 0 Å². The molecule has 2 rings (SSSR count). The average molecular weight is 275 g/mol. The Bertz CT molecular complexity index is 526. The van der Waals surface area contributed by atoms with E-state index in [1.807, 2.05) is 0 Å². The molecular formula is C15H17NO4. The van der Waals surface area contributed by atoms with Crippen molar-refractivity contribution in [3.63, 3.8) is 0 Å². The van der Waals surface area contributed by atoms with Crippen LogP contribution < -0.4 is 4.74 Å². The topological polar surface area (TPSA) is 66.8 Å². The average Bonchev–Trinajstić information content (AvgIpc) is 2.94. The Morgan fingerprint density at radius 2 is 2.20 bits per heavy atom. The lowest BCUT2D eigenvalue weighted by Crippen LogP contribution is -2.30. The maximum atomic E-state index is 12.4. The predicted molar refractivity (Wildman–Crippen MR) is 73.8 cm³/mol. The molecule has 0 radical (unpaired) electrons. The number of hydrogen-bond acceptors (Lipinski definition) is 3. The highest BCUT2D eigenvalue weighted by Gasteiger charge is 2.32. The number of carboxylic acids is 1. The third-order valence-corrected chi connectivity index (χ3v) is 3.30. The molecule has 1 atom stereocenters. The van der Waals surface area contributed by atoms with E-state index in [-0.39, 0.29) is 12.5 Å². The first-order valence-corrected chi connectivity index (χ1v) is 6.48. The fourth-order valence-corrected chi connectivity index (χ4v) is 2.23. The molecule has 0 bridgehead atoms. The highest BCUT2D eigenvalue weighted by atomic mass is 16.5. The van der Waals surface area contributed by atoms with Gasteiger partial charge in [0.15, 0.2) is 0 Å². The van der Waals surface area contributed by atoms with Crippen molar-refractivity contribution in [2.75, 3.05) is 19.7 Å². The van der Waals surface area contributed by atoms with Crippen molar-refractivity contribution in [3.8, 4) is 5.75 Å². The molecular weight excluding hydrogens is 258 g/mol. The fourth-order valence-electron chi connectivity index (χ4n) is 2.23. The predicted octanol–water partition coefficient (Wildman–Crippen LogP) is 1.80. The van der Waals surface area contributed by atoms with Gasteiger partial charge < -0.3 is 14.7 Å². The molecule has 5 heteroatoms. The lowest BCUT2D eigenvalue weighted by atomic mass is 10.1. The van der Waals surface area contributed by atoms with Gasteiger partial charge in [0.05, 0.1) is 11.5 Å². The molecule has 1 aliphatic heterocycles. The SMILES string of the molecule is C=CCOc1ccccc1C(=O)N1CCC(C(=O)O)C1. The Hall–Kier alpha value is -2.30. The first-order chi connectivity index (χ1) is 9.63. The van der Waals surface area contributed by atoms with E-state index < -0.39 is 11.9 Å². The van der Waals surface area contributed by atoms with Gasteiger partial charge in [0.1, 0.15) is 12.4 Å². The van der Waals surface area contributed by atoms with E-state index in [1.165, 1.54) is 0 Å². The number of benzene rings is 1. The van der Waals surface area contributed by atoms with E-state index in [1.54, 1.807) is 35.2 Å². The first-order valence-electron chi connectivity index (χ1n) is 6.48. The van der Waals surface area contributed by atoms with Gasteiger partial charge in [-0.2, -0.15) is 0 Å². The van der Waals surface area contributed by atoms with Crippen LogP contribution in [0.5, 0.6) is 5.75 Å². The third kappa shape index (κ3) is 2.99. The molecule has 1 N–H and O–H groups in total. The Morgan fingerprint density at radius 3 is 2.85 bits per heavy atom. The summed E-state index contributed by atoms with van der Waals surface area (Å²) in [5, 5.41) is 8.98. The van der Waals surface area contributed by atoms with Gasteiger partial charge in [-0.25, -0.2) is 0 Å². The van der Waals surface area contributed by atoms with Gasteiger partial charge in [-0.1, -0.05) is 24.8 Å². The molecule has 1 aromatic carbocycles. The van der Waals surface area contributed by atoms with Crippen LogP contribution in [0.1, 0.15) is 16.8 Å². The number of hydrogen-bond donors (Lipinski definition) is 1. The summed E-state index contributed by atoms with van der Waals surface area (Å²) in [6, 6.07) is 6.97. The van der Waals surface area contributed by atoms with Gasteiger partial charge in [-0.3, -0.25) is 9.59 Å². The molecule has 0 saturated carbocycles. The first kappa shape index (κ1) is 14.1. The molecule has 1 aromatic rings. The lowest BCUT2D eigenvalue weighted by molar-refractivity contribution is -0.141. The Balaban J connectivity index is 2.13. The lowest BCUT2D eigenvalue weighted by Gasteiger charge is -2.18. The van der Waals surface area contributed by atoms with E-state index in [2.05, 4.69) is 6.58 Å². The molecule has 1 heterocycles. The van der Waals surface area contributed by atoms with Crippen LogP contribution in [-0.4, -0.2) is 41.6 Å². The summed E-state index contributed by atoms with van der Waals surface area (Å²) in [5.74, 6) is -1.01. The molecule has 20 heavy (non-hydrogen) atoms. The summed E-state index contributed by atoms with van der Waals surface area (Å²) < 4.78 is 5.46. The minimum Gasteiger partial charge on any atom is -0.489 e. The van der Waals surface area contributed by atoms with Crippen molar-refractivity contribution in [1.82, 2.24) is 4.90 Å². The van der Waals surface area contributed by atoms with Crippen LogP contribution >= 0.6 is 0 Å². The van der Waals surface area contributed by atoms with Crippen LogP contribution in [0.15, 0.2) is 36.9 Å². The zero-order valence-corrected chi connectivity index (χ0v) is 11.1. The minimum atomic E-state index is -0.850. The number of carbonyl (C=O) groups excluding carboxylic acids is 1. The zero-order chi connectivity index (χ0) is 14.5. The standard InChI is InChI=1S/C15H17NO4/c1-2-9-20-13-6-4-3-5-12(13)14(17)16-8-7-11(10-16)15(18)19/h2-6,11H,1,7-10H2,(H,18,19). The molecule has 1 amide bonds. The maximum Gasteiger partial charge on any atom is 0.308 e. The molecule has 0 aromatic heterocycles. The Labute approximate surface area is 117 Å². The molecule has 0 aliphatic carbocycles. The smallest absolute Gasteiger partial charge is 0.308 e. The summed E-state index contributed by atoms with van der Waals surface area (Å²) in [7, 11) is 0. The van der Waals surface area contributed by atoms with Crippen LogP contribution in [-0.2, 0) is 4.79 Å². The van der Waals surface area contributed by atoms with E-state index in [4.69, 9.17) is 9.84 Å². The molecule has 1 saturated heterocycles. The number of amides is 1. The molecule has 0 spiro atoms. The third-order valence-electron chi connectivity index (χ3n) is 3.30. The van der Waals surface area contributed by atoms with Crippen molar-refractivity contribution in [2.24, 2.45) is 5.92 Å². The number of nitrogens with zero attached hydrogens (tertiary/aromatic N) is 1. The van der Waals surface area contributed by atoms with Gasteiger partial charge in [-0.15, -0.1) is 0 Å². The summed E-state index contributed by atoms with van der Waals surface area (Å²) in [4.78, 5) is 24.9. The normalized spacial score (nSPS) is 17.8. The molecule has 106 valence electrons. The highest BCUT2D eigenvalue weighted by molar-refractivity contribution is 5.97. The maximum absolute atomic E-state index is 12.4. The van der Waals surface area contributed by atoms with E-state index in [0.29, 0.717) is 30.9 Å². The Kier molecular flexibility index (Phi) is 4.40. The number of ether oxygens (including phenoxy) is 1. The zero-order valence-electron chi connectivity index (χ0n) is 11.1. The minimum absolute atomic E-state index is 0.187. The van der Waals surface area contributed by atoms with Gasteiger partial charge in [0, 0.05) is 13.1 Å². The Morgan fingerprint density at radius 1 is 1.45 bits per heavy atom. The second kappa shape index (κ2) is 6.23. The summed E-state index contributed by atoms with van der Waals surface area (Å²) in [6.45, 7) is 4.61. The largest absolute Gasteiger partial charge is 0.489 e. The van der Waals surface area contributed by atoms with Gasteiger partial charge in [-0.05, 0) is 18.6 Å².